The van der Waals surface area contributed by atoms with Crippen LogP contribution >= 0.6 is 0 Å². The summed E-state index contributed by atoms with van der Waals surface area (Å²) >= 11 is 0. The Morgan fingerprint density at radius 1 is 1.35 bits per heavy atom. The molecule has 0 bridgehead atoms. The number of nitrogens with one attached hydrogen (secondary N) is 1. The van der Waals surface area contributed by atoms with Crippen LogP contribution in [0.15, 0.2) is 35.7 Å². The van der Waals surface area contributed by atoms with Crippen molar-refractivity contribution >= 4 is 28.0 Å². The van der Waals surface area contributed by atoms with E-state index in [-0.39, 0.29) is 12.0 Å². The zero-order valence-corrected chi connectivity index (χ0v) is 15.3. The highest BCUT2D eigenvalue weighted by atomic mass is 32.2. The van der Waals surface area contributed by atoms with E-state index in [0.717, 1.165) is 5.41 Å². The van der Waals surface area contributed by atoms with Crippen LogP contribution in [0.5, 0.6) is 0 Å². The lowest BCUT2D eigenvalue weighted by Crippen LogP contribution is -2.46. The van der Waals surface area contributed by atoms with Crippen LogP contribution in [0.25, 0.3) is 6.08 Å². The van der Waals surface area contributed by atoms with Crippen LogP contribution in [0.2, 0.25) is 0 Å². The van der Waals surface area contributed by atoms with Gasteiger partial charge < -0.3 is 14.4 Å². The van der Waals surface area contributed by atoms with E-state index in [1.807, 2.05) is 13.0 Å². The van der Waals surface area contributed by atoms with Crippen molar-refractivity contribution in [3.63, 3.8) is 0 Å². The summed E-state index contributed by atoms with van der Waals surface area (Å²) in [6.45, 7) is 2.20. The summed E-state index contributed by atoms with van der Waals surface area (Å²) in [4.78, 5) is 25.1. The largest absolute Gasteiger partial charge is 0.455 e. The van der Waals surface area contributed by atoms with Gasteiger partial charge >= 0.3 is 5.97 Å². The average Bonchev–Trinajstić information content (AvgIpc) is 2.64. The molecule has 1 aromatic rings. The third kappa shape index (κ3) is 6.95. The molecule has 0 saturated carbocycles. The summed E-state index contributed by atoms with van der Waals surface area (Å²) in [5, 5.41) is 0.968. The minimum atomic E-state index is -3.78. The summed E-state index contributed by atoms with van der Waals surface area (Å²) < 4.78 is 35.9. The Hall–Kier alpha value is -2.23. The number of ether oxygens (including phenoxy) is 2. The topological polar surface area (TPSA) is 102 Å². The van der Waals surface area contributed by atoms with Gasteiger partial charge in [0.25, 0.3) is 5.91 Å². The van der Waals surface area contributed by atoms with Crippen LogP contribution < -0.4 is 4.72 Å². The van der Waals surface area contributed by atoms with Crippen molar-refractivity contribution in [1.82, 2.24) is 9.62 Å². The number of nitrogens with zero attached hydrogens (tertiary/aromatic N) is 1. The van der Waals surface area contributed by atoms with Crippen LogP contribution in [-0.2, 0) is 29.1 Å². The highest BCUT2D eigenvalue weighted by Crippen LogP contribution is 2.05. The molecular formula is C17H22N2O6S. The SMILES string of the molecule is CC1CN(C(=O)COC(=O)CNS(=O)(=O)/C=C/c2ccccc2)CCO1. The molecule has 0 spiro atoms. The lowest BCUT2D eigenvalue weighted by atomic mass is 10.2. The lowest BCUT2D eigenvalue weighted by Gasteiger charge is -2.30. The van der Waals surface area contributed by atoms with Gasteiger partial charge in [0.1, 0.15) is 6.54 Å². The molecule has 1 aliphatic rings. The van der Waals surface area contributed by atoms with Gasteiger partial charge in [-0.25, -0.2) is 13.1 Å². The number of rotatable bonds is 7. The molecule has 26 heavy (non-hydrogen) atoms. The Morgan fingerprint density at radius 3 is 2.77 bits per heavy atom. The quantitative estimate of drug-likeness (QED) is 0.684. The number of esters is 1. The van der Waals surface area contributed by atoms with E-state index in [1.54, 1.807) is 29.2 Å². The second-order valence-corrected chi connectivity index (χ2v) is 7.41. The predicted molar refractivity (Wildman–Crippen MR) is 95.4 cm³/mol. The first-order valence-corrected chi connectivity index (χ1v) is 9.68. The highest BCUT2D eigenvalue weighted by molar-refractivity contribution is 7.92. The molecule has 142 valence electrons. The van der Waals surface area contributed by atoms with Crippen molar-refractivity contribution < 1.29 is 27.5 Å². The minimum Gasteiger partial charge on any atom is -0.455 e. The van der Waals surface area contributed by atoms with Gasteiger partial charge in [0, 0.05) is 18.5 Å². The molecule has 0 aliphatic carbocycles. The Kier molecular flexibility index (Phi) is 7.31. The number of hydrogen-bond donors (Lipinski definition) is 1. The van der Waals surface area contributed by atoms with E-state index in [2.05, 4.69) is 4.72 Å². The highest BCUT2D eigenvalue weighted by Gasteiger charge is 2.22. The molecular weight excluding hydrogens is 360 g/mol. The van der Waals surface area contributed by atoms with Gasteiger partial charge in [-0.05, 0) is 18.6 Å². The standard InChI is InChI=1S/C17H22N2O6S/c1-14-12-19(8-9-24-14)16(20)13-25-17(21)11-18-26(22,23)10-7-15-5-3-2-4-6-15/h2-7,10,14,18H,8-9,11-13H2,1H3/b10-7+. The van der Waals surface area contributed by atoms with E-state index in [1.165, 1.54) is 6.08 Å². The second-order valence-electron chi connectivity index (χ2n) is 5.76. The molecule has 9 heteroatoms. The van der Waals surface area contributed by atoms with Gasteiger partial charge in [0.2, 0.25) is 10.0 Å². The Morgan fingerprint density at radius 2 is 2.08 bits per heavy atom. The molecule has 1 heterocycles. The maximum atomic E-state index is 12.0. The zero-order valence-electron chi connectivity index (χ0n) is 14.5. The molecule has 8 nitrogen and oxygen atoms in total. The maximum absolute atomic E-state index is 12.0. The van der Waals surface area contributed by atoms with Crippen LogP contribution in [-0.4, -0.2) is 64.1 Å². The molecule has 1 aromatic carbocycles. The molecule has 1 saturated heterocycles. The summed E-state index contributed by atoms with van der Waals surface area (Å²) in [6.07, 6.45) is 1.35. The van der Waals surface area contributed by atoms with Crippen molar-refractivity contribution in [3.05, 3.63) is 41.3 Å². The number of morpholine rings is 1. The van der Waals surface area contributed by atoms with Crippen molar-refractivity contribution in [2.24, 2.45) is 0 Å². The third-order valence-corrected chi connectivity index (χ3v) is 4.65. The van der Waals surface area contributed by atoms with E-state index < -0.39 is 29.1 Å². The fraction of sp³-hybridized carbons (Fsp3) is 0.412. The molecule has 1 N–H and O–H groups in total. The van der Waals surface area contributed by atoms with Crippen molar-refractivity contribution in [1.29, 1.82) is 0 Å². The smallest absolute Gasteiger partial charge is 0.321 e. The fourth-order valence-electron chi connectivity index (χ4n) is 2.27. The van der Waals surface area contributed by atoms with Crippen LogP contribution in [0.1, 0.15) is 12.5 Å². The molecule has 1 atom stereocenters. The number of amides is 1. The normalized spacial score (nSPS) is 18.0. The molecule has 0 aromatic heterocycles. The van der Waals surface area contributed by atoms with Crippen molar-refractivity contribution in [2.75, 3.05) is 32.8 Å². The summed E-state index contributed by atoms with van der Waals surface area (Å²) in [5.74, 6) is -1.16. The second kappa shape index (κ2) is 9.46. The molecule has 1 unspecified atom stereocenters. The summed E-state index contributed by atoms with van der Waals surface area (Å²) in [7, 11) is -3.78. The first-order chi connectivity index (χ1) is 12.4. The number of hydrogen-bond acceptors (Lipinski definition) is 6. The van der Waals surface area contributed by atoms with E-state index >= 15 is 0 Å². The van der Waals surface area contributed by atoms with E-state index in [0.29, 0.717) is 25.3 Å². The molecule has 1 amide bonds. The maximum Gasteiger partial charge on any atom is 0.321 e. The number of sulfonamides is 1. The van der Waals surface area contributed by atoms with Gasteiger partial charge in [-0.1, -0.05) is 30.3 Å². The van der Waals surface area contributed by atoms with Crippen LogP contribution in [0.4, 0.5) is 0 Å². The monoisotopic (exact) mass is 382 g/mol. The molecule has 1 aliphatic heterocycles. The molecule has 0 radical (unpaired) electrons. The fourth-order valence-corrected chi connectivity index (χ4v) is 3.02. The number of benzene rings is 1. The molecule has 1 fully saturated rings. The summed E-state index contributed by atoms with van der Waals surface area (Å²) in [5.41, 5.74) is 0.714. The van der Waals surface area contributed by atoms with E-state index in [9.17, 15) is 18.0 Å². The van der Waals surface area contributed by atoms with Gasteiger partial charge in [-0.15, -0.1) is 0 Å². The predicted octanol–water partition coefficient (Wildman–Crippen LogP) is 0.367. The van der Waals surface area contributed by atoms with Crippen LogP contribution in [0, 0.1) is 0 Å². The Bertz CT molecular complexity index is 748. The van der Waals surface area contributed by atoms with Gasteiger partial charge in [0.15, 0.2) is 6.61 Å². The first kappa shape index (κ1) is 20.1. The van der Waals surface area contributed by atoms with Gasteiger partial charge in [-0.2, -0.15) is 0 Å². The van der Waals surface area contributed by atoms with Crippen molar-refractivity contribution in [2.45, 2.75) is 13.0 Å². The Labute approximate surface area is 152 Å². The molecule has 2 rings (SSSR count). The Balaban J connectivity index is 1.73. The van der Waals surface area contributed by atoms with Gasteiger partial charge in [-0.3, -0.25) is 9.59 Å². The van der Waals surface area contributed by atoms with Gasteiger partial charge in [0.05, 0.1) is 12.7 Å². The first-order valence-electron chi connectivity index (χ1n) is 8.13. The van der Waals surface area contributed by atoms with Crippen LogP contribution in [0.3, 0.4) is 0 Å². The third-order valence-electron chi connectivity index (χ3n) is 3.61. The van der Waals surface area contributed by atoms with Crippen molar-refractivity contribution in [3.8, 4) is 0 Å². The zero-order chi connectivity index (χ0) is 19.0. The average molecular weight is 382 g/mol. The number of carbonyl (C=O) groups excluding carboxylic acids is 2. The lowest BCUT2D eigenvalue weighted by molar-refractivity contribution is -0.154. The van der Waals surface area contributed by atoms with E-state index in [4.69, 9.17) is 9.47 Å². The number of carbonyl (C=O) groups is 2. The minimum absolute atomic E-state index is 0.0633. The summed E-state index contributed by atoms with van der Waals surface area (Å²) in [6, 6.07) is 8.88.